The van der Waals surface area contributed by atoms with Crippen molar-refractivity contribution in [1.82, 2.24) is 14.8 Å². The number of amides is 2. The van der Waals surface area contributed by atoms with Gasteiger partial charge in [0.05, 0.1) is 14.2 Å². The van der Waals surface area contributed by atoms with E-state index in [-0.39, 0.29) is 12.0 Å². The molecular formula is C28H35N3O5. The first-order valence-corrected chi connectivity index (χ1v) is 12.3. The first-order valence-electron chi connectivity index (χ1n) is 12.3. The molecule has 8 nitrogen and oxygen atoms in total. The highest BCUT2D eigenvalue weighted by Gasteiger charge is 2.28. The number of ether oxygens (including phenoxy) is 3. The Balaban J connectivity index is 1.56. The van der Waals surface area contributed by atoms with Crippen molar-refractivity contribution in [2.75, 3.05) is 40.4 Å². The molecule has 0 bridgehead atoms. The van der Waals surface area contributed by atoms with Crippen molar-refractivity contribution in [3.05, 3.63) is 47.5 Å². The van der Waals surface area contributed by atoms with Gasteiger partial charge in [-0.2, -0.15) is 0 Å². The average molecular weight is 494 g/mol. The minimum absolute atomic E-state index is 0.0309. The van der Waals surface area contributed by atoms with Crippen LogP contribution in [-0.2, 0) is 11.2 Å². The molecule has 2 amide bonds. The maximum atomic E-state index is 13.3. The van der Waals surface area contributed by atoms with Gasteiger partial charge in [0, 0.05) is 53.9 Å². The van der Waals surface area contributed by atoms with Crippen LogP contribution in [0.4, 0.5) is 4.79 Å². The van der Waals surface area contributed by atoms with Crippen LogP contribution in [0.5, 0.6) is 11.5 Å². The van der Waals surface area contributed by atoms with Gasteiger partial charge in [-0.1, -0.05) is 6.92 Å². The maximum Gasteiger partial charge on any atom is 0.410 e. The second-order valence-corrected chi connectivity index (χ2v) is 9.92. The first-order chi connectivity index (χ1) is 17.1. The monoisotopic (exact) mass is 493 g/mol. The fourth-order valence-electron chi connectivity index (χ4n) is 4.59. The van der Waals surface area contributed by atoms with E-state index in [1.807, 2.05) is 57.2 Å². The fraction of sp³-hybridized carbons (Fsp3) is 0.429. The smallest absolute Gasteiger partial charge is 0.410 e. The molecule has 8 heteroatoms. The van der Waals surface area contributed by atoms with Gasteiger partial charge in [0.2, 0.25) is 0 Å². The van der Waals surface area contributed by atoms with Crippen LogP contribution in [0.1, 0.15) is 43.6 Å². The Kier molecular flexibility index (Phi) is 7.15. The van der Waals surface area contributed by atoms with E-state index in [1.165, 1.54) is 0 Å². The Bertz CT molecular complexity index is 1270. The Labute approximate surface area is 212 Å². The van der Waals surface area contributed by atoms with Crippen molar-refractivity contribution in [3.8, 4) is 22.8 Å². The van der Waals surface area contributed by atoms with Crippen molar-refractivity contribution >= 4 is 22.9 Å². The number of nitrogens with one attached hydrogen (secondary N) is 1. The number of hydrogen-bond donors (Lipinski definition) is 1. The number of H-pyrrole nitrogens is 1. The number of methoxy groups -OCH3 is 2. The lowest BCUT2D eigenvalue weighted by Crippen LogP contribution is -2.51. The Morgan fingerprint density at radius 3 is 2.19 bits per heavy atom. The van der Waals surface area contributed by atoms with Crippen molar-refractivity contribution < 1.29 is 23.8 Å². The Morgan fingerprint density at radius 2 is 1.58 bits per heavy atom. The minimum Gasteiger partial charge on any atom is -0.493 e. The molecule has 1 aliphatic rings. The van der Waals surface area contributed by atoms with Crippen molar-refractivity contribution in [2.24, 2.45) is 0 Å². The van der Waals surface area contributed by atoms with Crippen LogP contribution in [0.2, 0.25) is 0 Å². The number of piperazine rings is 1. The molecule has 2 aromatic carbocycles. The van der Waals surface area contributed by atoms with Gasteiger partial charge >= 0.3 is 6.09 Å². The van der Waals surface area contributed by atoms with Crippen LogP contribution in [0.25, 0.3) is 22.2 Å². The van der Waals surface area contributed by atoms with E-state index in [0.717, 1.165) is 34.1 Å². The summed E-state index contributed by atoms with van der Waals surface area (Å²) in [5, 5.41) is 1.03. The first kappa shape index (κ1) is 25.4. The fourth-order valence-corrected chi connectivity index (χ4v) is 4.59. The van der Waals surface area contributed by atoms with E-state index in [2.05, 4.69) is 11.9 Å². The highest BCUT2D eigenvalue weighted by molar-refractivity contribution is 6.00. The molecule has 0 unspecified atom stereocenters. The molecule has 1 saturated heterocycles. The van der Waals surface area contributed by atoms with Crippen molar-refractivity contribution in [3.63, 3.8) is 0 Å². The van der Waals surface area contributed by atoms with Crippen molar-refractivity contribution in [2.45, 2.75) is 39.7 Å². The highest BCUT2D eigenvalue weighted by Crippen LogP contribution is 2.36. The Hall–Kier alpha value is -3.68. The number of hydrogen-bond acceptors (Lipinski definition) is 5. The van der Waals surface area contributed by atoms with E-state index in [1.54, 1.807) is 24.0 Å². The predicted octanol–water partition coefficient (Wildman–Crippen LogP) is 5.11. The minimum atomic E-state index is -0.539. The molecule has 192 valence electrons. The van der Waals surface area contributed by atoms with Crippen LogP contribution in [0.3, 0.4) is 0 Å². The lowest BCUT2D eigenvalue weighted by atomic mass is 10.0. The van der Waals surface area contributed by atoms with Gasteiger partial charge in [-0.25, -0.2) is 4.79 Å². The molecule has 0 radical (unpaired) electrons. The molecule has 3 aromatic rings. The molecule has 1 N–H and O–H groups in total. The molecule has 0 spiro atoms. The molecule has 0 aliphatic carbocycles. The Morgan fingerprint density at radius 1 is 0.917 bits per heavy atom. The highest BCUT2D eigenvalue weighted by atomic mass is 16.6. The van der Waals surface area contributed by atoms with E-state index in [9.17, 15) is 9.59 Å². The van der Waals surface area contributed by atoms with Gasteiger partial charge in [0.1, 0.15) is 5.60 Å². The summed E-state index contributed by atoms with van der Waals surface area (Å²) < 4.78 is 16.3. The van der Waals surface area contributed by atoms with Gasteiger partial charge in [-0.05, 0) is 69.2 Å². The summed E-state index contributed by atoms with van der Waals surface area (Å²) in [6.45, 7) is 9.51. The molecule has 4 rings (SSSR count). The number of rotatable bonds is 5. The number of carbonyl (C=O) groups excluding carboxylic acids is 2. The van der Waals surface area contributed by atoms with Crippen LogP contribution in [0, 0.1) is 0 Å². The van der Waals surface area contributed by atoms with Gasteiger partial charge in [-0.3, -0.25) is 4.79 Å². The summed E-state index contributed by atoms with van der Waals surface area (Å²) in [5.41, 5.74) is 4.21. The number of nitrogens with zero attached hydrogens (tertiary/aromatic N) is 2. The molecule has 1 aliphatic heterocycles. The van der Waals surface area contributed by atoms with Gasteiger partial charge < -0.3 is 29.0 Å². The third-order valence-electron chi connectivity index (χ3n) is 6.40. The maximum absolute atomic E-state index is 13.3. The normalized spacial score (nSPS) is 14.2. The van der Waals surface area contributed by atoms with E-state index >= 15 is 0 Å². The average Bonchev–Trinajstić information content (AvgIpc) is 3.24. The molecular weight excluding hydrogens is 458 g/mol. The van der Waals surface area contributed by atoms with Crippen LogP contribution >= 0.6 is 0 Å². The lowest BCUT2D eigenvalue weighted by molar-refractivity contribution is 0.0141. The number of aromatic nitrogens is 1. The SMILES string of the molecule is CCc1c(-c2ccc(OC)c(OC)c2)[nH]c2ccc(C(=O)N3CCN(C(=O)OC(C)(C)C)CC3)cc12. The van der Waals surface area contributed by atoms with Crippen LogP contribution in [-0.4, -0.2) is 72.8 Å². The zero-order valence-electron chi connectivity index (χ0n) is 21.9. The summed E-state index contributed by atoms with van der Waals surface area (Å²) in [4.78, 5) is 32.7. The van der Waals surface area contributed by atoms with Crippen LogP contribution in [0.15, 0.2) is 36.4 Å². The number of fused-ring (bicyclic) bond motifs is 1. The summed E-state index contributed by atoms with van der Waals surface area (Å²) in [7, 11) is 3.24. The van der Waals surface area contributed by atoms with Crippen molar-refractivity contribution in [1.29, 1.82) is 0 Å². The summed E-state index contributed by atoms with van der Waals surface area (Å²) >= 11 is 0. The van der Waals surface area contributed by atoms with Gasteiger partial charge in [0.25, 0.3) is 5.91 Å². The molecule has 1 fully saturated rings. The molecule has 1 aromatic heterocycles. The van der Waals surface area contributed by atoms with E-state index in [4.69, 9.17) is 14.2 Å². The quantitative estimate of drug-likeness (QED) is 0.534. The third kappa shape index (κ3) is 5.12. The molecule has 0 atom stereocenters. The molecule has 36 heavy (non-hydrogen) atoms. The summed E-state index contributed by atoms with van der Waals surface area (Å²) in [6.07, 6.45) is 0.467. The topological polar surface area (TPSA) is 84.1 Å². The number of aryl methyl sites for hydroxylation is 1. The summed E-state index contributed by atoms with van der Waals surface area (Å²) in [6, 6.07) is 11.6. The third-order valence-corrected chi connectivity index (χ3v) is 6.40. The largest absolute Gasteiger partial charge is 0.493 e. The van der Waals surface area contributed by atoms with E-state index < -0.39 is 5.60 Å². The number of carbonyl (C=O) groups is 2. The zero-order valence-corrected chi connectivity index (χ0v) is 21.9. The molecule has 2 heterocycles. The number of benzene rings is 2. The standard InChI is InChI=1S/C28H35N3O5/c1-7-20-21-16-19(26(32)30-12-14-31(15-13-30)27(33)36-28(2,3)4)8-10-22(21)29-25(20)18-9-11-23(34-5)24(17-18)35-6/h8-11,16-17,29H,7,12-15H2,1-6H3. The second kappa shape index (κ2) is 10.1. The second-order valence-electron chi connectivity index (χ2n) is 9.92. The lowest BCUT2D eigenvalue weighted by Gasteiger charge is -2.35. The summed E-state index contributed by atoms with van der Waals surface area (Å²) in [5.74, 6) is 1.31. The van der Waals surface area contributed by atoms with Gasteiger partial charge in [0.15, 0.2) is 11.5 Å². The zero-order chi connectivity index (χ0) is 26.0. The number of aromatic amines is 1. The van der Waals surface area contributed by atoms with E-state index in [0.29, 0.717) is 43.2 Å². The predicted molar refractivity (Wildman–Crippen MR) is 140 cm³/mol. The van der Waals surface area contributed by atoms with Gasteiger partial charge in [-0.15, -0.1) is 0 Å². The molecule has 0 saturated carbocycles. The van der Waals surface area contributed by atoms with Crippen LogP contribution < -0.4 is 9.47 Å².